The molecule has 0 bridgehead atoms. The standard InChI is InChI=1S/C4H10.CH2O3.Na.H/c1-3-4-2;2-1(3)4;;/h3-4H2,1-2H3;(H2,2,3,4);;. The van der Waals surface area contributed by atoms with Gasteiger partial charge in [0.05, 0.1) is 0 Å². The summed E-state index contributed by atoms with van der Waals surface area (Å²) in [5, 5.41) is 13.9. The van der Waals surface area contributed by atoms with Gasteiger partial charge in [0, 0.05) is 0 Å². The first-order valence-corrected chi connectivity index (χ1v) is 2.57. The Bertz CT molecular complexity index is 50.2. The predicted octanol–water partition coefficient (Wildman–Crippen LogP) is 1.38. The molecule has 9 heavy (non-hydrogen) atoms. The molecule has 0 saturated heterocycles. The third-order valence-corrected chi connectivity index (χ3v) is 0.500. The molecule has 0 amide bonds. The van der Waals surface area contributed by atoms with Crippen LogP contribution in [0.2, 0.25) is 0 Å². The fourth-order valence-electron chi connectivity index (χ4n) is 0. The molecule has 0 fully saturated rings. The minimum absolute atomic E-state index is 0. The van der Waals surface area contributed by atoms with Crippen molar-refractivity contribution < 1.29 is 15.0 Å². The molecule has 0 aromatic rings. The van der Waals surface area contributed by atoms with E-state index in [4.69, 9.17) is 15.0 Å². The molecule has 0 unspecified atom stereocenters. The van der Waals surface area contributed by atoms with Crippen molar-refractivity contribution in [1.29, 1.82) is 0 Å². The number of hydrogen-bond donors (Lipinski definition) is 2. The SMILES string of the molecule is CCCC.O=C(O)O.[NaH]. The van der Waals surface area contributed by atoms with Gasteiger partial charge in [-0.1, -0.05) is 26.7 Å². The summed E-state index contributed by atoms with van der Waals surface area (Å²) in [5.74, 6) is 0. The molecule has 0 rings (SSSR count). The zero-order valence-corrected chi connectivity index (χ0v) is 5.22. The van der Waals surface area contributed by atoms with E-state index in [0.29, 0.717) is 0 Å². The van der Waals surface area contributed by atoms with E-state index >= 15 is 0 Å². The number of unbranched alkanes of at least 4 members (excludes halogenated alkanes) is 1. The van der Waals surface area contributed by atoms with Gasteiger partial charge in [0.25, 0.3) is 0 Å². The molecule has 0 aliphatic rings. The van der Waals surface area contributed by atoms with Crippen LogP contribution < -0.4 is 0 Å². The van der Waals surface area contributed by atoms with Crippen LogP contribution in [-0.2, 0) is 0 Å². The van der Waals surface area contributed by atoms with Crippen LogP contribution in [0.3, 0.4) is 0 Å². The maximum absolute atomic E-state index is 8.56. The Labute approximate surface area is 77.4 Å². The Morgan fingerprint density at radius 2 is 1.33 bits per heavy atom. The summed E-state index contributed by atoms with van der Waals surface area (Å²) in [6, 6.07) is 0. The number of rotatable bonds is 1. The van der Waals surface area contributed by atoms with E-state index in [9.17, 15) is 0 Å². The van der Waals surface area contributed by atoms with Crippen molar-refractivity contribution in [1.82, 2.24) is 0 Å². The molecule has 0 aliphatic carbocycles. The van der Waals surface area contributed by atoms with Gasteiger partial charge in [-0.2, -0.15) is 0 Å². The summed E-state index contributed by atoms with van der Waals surface area (Å²) in [5.41, 5.74) is 0. The molecule has 52 valence electrons. The summed E-state index contributed by atoms with van der Waals surface area (Å²) in [7, 11) is 0. The molecule has 0 aromatic heterocycles. The van der Waals surface area contributed by atoms with Crippen LogP contribution in [0.25, 0.3) is 0 Å². The van der Waals surface area contributed by atoms with Crippen molar-refractivity contribution >= 4 is 35.7 Å². The van der Waals surface area contributed by atoms with E-state index in [1.807, 2.05) is 0 Å². The zero-order valence-electron chi connectivity index (χ0n) is 5.22. The summed E-state index contributed by atoms with van der Waals surface area (Å²) in [4.78, 5) is 8.56. The van der Waals surface area contributed by atoms with Crippen LogP contribution >= 0.6 is 0 Å². The molecule has 0 atom stereocenters. The fourth-order valence-corrected chi connectivity index (χ4v) is 0. The third-order valence-electron chi connectivity index (χ3n) is 0.500. The molecule has 4 heteroatoms. The van der Waals surface area contributed by atoms with E-state index in [0.717, 1.165) is 0 Å². The average Bonchev–Trinajstić information content (AvgIpc) is 1.65. The van der Waals surface area contributed by atoms with Gasteiger partial charge in [0.15, 0.2) is 0 Å². The molecular formula is C5H13NaO3. The summed E-state index contributed by atoms with van der Waals surface area (Å²) in [6.07, 6.45) is 0.806. The zero-order chi connectivity index (χ0) is 6.99. The van der Waals surface area contributed by atoms with E-state index in [1.54, 1.807) is 0 Å². The first-order chi connectivity index (χ1) is 3.65. The van der Waals surface area contributed by atoms with Crippen LogP contribution in [-0.4, -0.2) is 45.9 Å². The van der Waals surface area contributed by atoms with Crippen molar-refractivity contribution in [3.63, 3.8) is 0 Å². The summed E-state index contributed by atoms with van der Waals surface area (Å²) in [6.45, 7) is 4.36. The van der Waals surface area contributed by atoms with Gasteiger partial charge < -0.3 is 10.2 Å². The molecular weight excluding hydrogens is 131 g/mol. The summed E-state index contributed by atoms with van der Waals surface area (Å²) < 4.78 is 0. The Morgan fingerprint density at radius 1 is 1.22 bits per heavy atom. The van der Waals surface area contributed by atoms with E-state index in [1.165, 1.54) is 12.8 Å². The second-order valence-electron chi connectivity index (χ2n) is 1.28. The molecule has 2 N–H and O–H groups in total. The van der Waals surface area contributed by atoms with Gasteiger partial charge in [-0.15, -0.1) is 0 Å². The van der Waals surface area contributed by atoms with E-state index in [-0.39, 0.29) is 29.6 Å². The van der Waals surface area contributed by atoms with Crippen LogP contribution in [0.4, 0.5) is 4.79 Å². The second-order valence-corrected chi connectivity index (χ2v) is 1.28. The molecule has 0 aliphatic heterocycles. The van der Waals surface area contributed by atoms with E-state index in [2.05, 4.69) is 13.8 Å². The van der Waals surface area contributed by atoms with Crippen LogP contribution in [0.1, 0.15) is 26.7 Å². The first kappa shape index (κ1) is 16.1. The van der Waals surface area contributed by atoms with Crippen molar-refractivity contribution in [3.05, 3.63) is 0 Å². The molecule has 0 saturated carbocycles. The van der Waals surface area contributed by atoms with Crippen LogP contribution in [0.15, 0.2) is 0 Å². The number of carboxylic acid groups (broad SMARTS) is 2. The quantitative estimate of drug-likeness (QED) is 0.546. The van der Waals surface area contributed by atoms with Gasteiger partial charge >= 0.3 is 35.7 Å². The van der Waals surface area contributed by atoms with Crippen molar-refractivity contribution in [2.24, 2.45) is 0 Å². The number of carbonyl (C=O) groups is 1. The van der Waals surface area contributed by atoms with Crippen molar-refractivity contribution in [2.45, 2.75) is 26.7 Å². The third kappa shape index (κ3) is 202. The molecule has 0 spiro atoms. The van der Waals surface area contributed by atoms with Gasteiger partial charge in [-0.05, 0) is 0 Å². The van der Waals surface area contributed by atoms with E-state index < -0.39 is 6.16 Å². The van der Waals surface area contributed by atoms with Gasteiger partial charge in [-0.3, -0.25) is 0 Å². The van der Waals surface area contributed by atoms with Crippen LogP contribution in [0.5, 0.6) is 0 Å². The maximum atomic E-state index is 8.56. The Hall–Kier alpha value is 0.270. The van der Waals surface area contributed by atoms with Crippen LogP contribution in [0, 0.1) is 0 Å². The average molecular weight is 144 g/mol. The topological polar surface area (TPSA) is 57.5 Å². The fraction of sp³-hybridized carbons (Fsp3) is 0.800. The second kappa shape index (κ2) is 15.7. The molecule has 3 nitrogen and oxygen atoms in total. The van der Waals surface area contributed by atoms with Gasteiger partial charge in [0.1, 0.15) is 0 Å². The summed E-state index contributed by atoms with van der Waals surface area (Å²) >= 11 is 0. The normalized spacial score (nSPS) is 6.00. The Kier molecular flexibility index (Phi) is 28.2. The van der Waals surface area contributed by atoms with Gasteiger partial charge in [-0.25, -0.2) is 4.79 Å². The molecule has 0 radical (unpaired) electrons. The Morgan fingerprint density at radius 3 is 1.33 bits per heavy atom. The van der Waals surface area contributed by atoms with Crippen molar-refractivity contribution in [2.75, 3.05) is 0 Å². The minimum atomic E-state index is -1.83. The molecule has 0 heterocycles. The molecule has 0 aromatic carbocycles. The monoisotopic (exact) mass is 144 g/mol. The van der Waals surface area contributed by atoms with Crippen molar-refractivity contribution in [3.8, 4) is 0 Å². The predicted molar refractivity (Wildman–Crippen MR) is 38.4 cm³/mol. The first-order valence-electron chi connectivity index (χ1n) is 2.57. The Balaban J connectivity index is -0.0000000720. The number of hydrogen-bond acceptors (Lipinski definition) is 1. The van der Waals surface area contributed by atoms with Gasteiger partial charge in [0.2, 0.25) is 0 Å².